The van der Waals surface area contributed by atoms with Gasteiger partial charge in [0.15, 0.2) is 0 Å². The molecule has 0 aliphatic rings. The van der Waals surface area contributed by atoms with Gasteiger partial charge in [0.25, 0.3) is 0 Å². The summed E-state index contributed by atoms with van der Waals surface area (Å²) in [6, 6.07) is 15.3. The minimum Gasteiger partial charge on any atom is -0.326 e. The van der Waals surface area contributed by atoms with Crippen LogP contribution in [-0.4, -0.2) is 15.7 Å². The number of rotatable bonds is 5. The van der Waals surface area contributed by atoms with Gasteiger partial charge >= 0.3 is 0 Å². The third kappa shape index (κ3) is 4.10. The Hall–Kier alpha value is -2.57. The lowest BCUT2D eigenvalue weighted by Gasteiger charge is -2.11. The molecule has 2 aromatic carbocycles. The van der Waals surface area contributed by atoms with Crippen molar-refractivity contribution in [1.29, 1.82) is 0 Å². The second-order valence-corrected chi connectivity index (χ2v) is 6.53. The summed E-state index contributed by atoms with van der Waals surface area (Å²) in [5.74, 6) is -0.0577. The fraction of sp³-hybridized carbons (Fsp3) is 0.158. The summed E-state index contributed by atoms with van der Waals surface area (Å²) in [6.45, 7) is 3.99. The average molecular weight is 352 g/mol. The number of hydrogen-bond acceptors (Lipinski definition) is 4. The molecule has 0 aliphatic heterocycles. The lowest BCUT2D eigenvalue weighted by molar-refractivity contribution is -0.115. The molecule has 0 radical (unpaired) electrons. The molecule has 0 fully saturated rings. The van der Waals surface area contributed by atoms with Crippen molar-refractivity contribution in [2.75, 3.05) is 5.32 Å². The molecule has 0 aliphatic carbocycles. The molecule has 1 amide bonds. The molecule has 1 heterocycles. The highest BCUT2D eigenvalue weighted by atomic mass is 32.2. The summed E-state index contributed by atoms with van der Waals surface area (Å²) >= 11 is 1.14. The number of carbonyl (C=O) groups excluding carboxylic acids is 1. The van der Waals surface area contributed by atoms with E-state index >= 15 is 0 Å². The predicted molar refractivity (Wildman–Crippen MR) is 102 cm³/mol. The van der Waals surface area contributed by atoms with E-state index in [1.165, 1.54) is 0 Å². The van der Waals surface area contributed by atoms with Crippen molar-refractivity contribution in [2.24, 2.45) is 5.14 Å². The molecule has 5 nitrogen and oxygen atoms in total. The van der Waals surface area contributed by atoms with Crippen LogP contribution in [0.15, 0.2) is 59.6 Å². The largest absolute Gasteiger partial charge is 0.326 e. The van der Waals surface area contributed by atoms with Gasteiger partial charge in [-0.05, 0) is 55.1 Å². The Balaban J connectivity index is 1.78. The molecule has 3 rings (SSSR count). The molecular formula is C19H20N4OS. The normalized spacial score (nSPS) is 10.7. The standard InChI is InChI=1S/C19H20N4OS/c1-13-12-23(22-14(13)2)17-9-8-16(11-18(17)25-20)21-19(24)10-15-6-4-3-5-7-15/h3-9,11-12H,10,20H2,1-2H3,(H,21,24). The molecule has 1 aromatic heterocycles. The van der Waals surface area contributed by atoms with Crippen LogP contribution in [-0.2, 0) is 11.2 Å². The number of carbonyl (C=O) groups is 1. The molecule has 128 valence electrons. The van der Waals surface area contributed by atoms with Crippen molar-refractivity contribution in [3.8, 4) is 5.69 Å². The van der Waals surface area contributed by atoms with Crippen LogP contribution in [0.1, 0.15) is 16.8 Å². The van der Waals surface area contributed by atoms with Crippen molar-refractivity contribution in [2.45, 2.75) is 25.2 Å². The molecule has 3 N–H and O–H groups in total. The number of nitrogens with two attached hydrogens (primary N) is 1. The van der Waals surface area contributed by atoms with Crippen LogP contribution in [0.3, 0.4) is 0 Å². The Bertz CT molecular complexity index is 870. The molecule has 0 spiro atoms. The number of nitrogens with one attached hydrogen (secondary N) is 1. The quantitative estimate of drug-likeness (QED) is 0.688. The summed E-state index contributed by atoms with van der Waals surface area (Å²) < 4.78 is 1.81. The van der Waals surface area contributed by atoms with Gasteiger partial charge < -0.3 is 5.32 Å². The Morgan fingerprint density at radius 2 is 1.96 bits per heavy atom. The summed E-state index contributed by atoms with van der Waals surface area (Å²) in [7, 11) is 0. The van der Waals surface area contributed by atoms with Gasteiger partial charge in [-0.15, -0.1) is 0 Å². The SMILES string of the molecule is Cc1cn(-c2ccc(NC(=O)Cc3ccccc3)cc2SN)nc1C. The molecule has 3 aromatic rings. The number of nitrogens with zero attached hydrogens (tertiary/aromatic N) is 2. The fourth-order valence-corrected chi connectivity index (χ4v) is 3.01. The molecule has 0 atom stereocenters. The highest BCUT2D eigenvalue weighted by Crippen LogP contribution is 2.26. The van der Waals surface area contributed by atoms with Crippen LogP contribution in [0.4, 0.5) is 5.69 Å². The maximum Gasteiger partial charge on any atom is 0.228 e. The lowest BCUT2D eigenvalue weighted by Crippen LogP contribution is -2.14. The first-order chi connectivity index (χ1) is 12.1. The second kappa shape index (κ2) is 7.55. The monoisotopic (exact) mass is 352 g/mol. The van der Waals surface area contributed by atoms with Gasteiger partial charge in [0.05, 0.1) is 22.7 Å². The van der Waals surface area contributed by atoms with Gasteiger partial charge in [-0.1, -0.05) is 30.3 Å². The van der Waals surface area contributed by atoms with E-state index in [4.69, 9.17) is 5.14 Å². The van der Waals surface area contributed by atoms with Gasteiger partial charge in [0.1, 0.15) is 0 Å². The van der Waals surface area contributed by atoms with E-state index in [0.717, 1.165) is 45.0 Å². The van der Waals surface area contributed by atoms with Crippen molar-refractivity contribution >= 4 is 23.5 Å². The maximum absolute atomic E-state index is 12.2. The predicted octanol–water partition coefficient (Wildman–Crippen LogP) is 3.64. The van der Waals surface area contributed by atoms with Crippen molar-refractivity contribution in [1.82, 2.24) is 9.78 Å². The number of aromatic nitrogens is 2. The van der Waals surface area contributed by atoms with Crippen LogP contribution in [0.5, 0.6) is 0 Å². The highest BCUT2D eigenvalue weighted by Gasteiger charge is 2.10. The third-order valence-corrected chi connectivity index (χ3v) is 4.55. The van der Waals surface area contributed by atoms with Crippen LogP contribution in [0.25, 0.3) is 5.69 Å². The summed E-state index contributed by atoms with van der Waals surface area (Å²) in [6.07, 6.45) is 2.31. The summed E-state index contributed by atoms with van der Waals surface area (Å²) in [4.78, 5) is 13.1. The zero-order valence-corrected chi connectivity index (χ0v) is 15.0. The van der Waals surface area contributed by atoms with Crippen molar-refractivity contribution in [3.63, 3.8) is 0 Å². The van der Waals surface area contributed by atoms with Gasteiger partial charge in [0, 0.05) is 11.9 Å². The van der Waals surface area contributed by atoms with Gasteiger partial charge in [0.2, 0.25) is 5.91 Å². The number of hydrogen-bond donors (Lipinski definition) is 2. The fourth-order valence-electron chi connectivity index (χ4n) is 2.53. The molecule has 6 heteroatoms. The zero-order valence-electron chi connectivity index (χ0n) is 14.2. The van der Waals surface area contributed by atoms with E-state index in [2.05, 4.69) is 10.4 Å². The third-order valence-electron chi connectivity index (χ3n) is 3.97. The number of amides is 1. The smallest absolute Gasteiger partial charge is 0.228 e. The molecule has 0 saturated heterocycles. The number of aryl methyl sites for hydroxylation is 2. The van der Waals surface area contributed by atoms with E-state index in [0.29, 0.717) is 6.42 Å². The highest BCUT2D eigenvalue weighted by molar-refractivity contribution is 7.97. The number of benzene rings is 2. The first kappa shape index (κ1) is 17.3. The molecule has 0 unspecified atom stereocenters. The van der Waals surface area contributed by atoms with E-state index in [1.807, 2.05) is 73.3 Å². The second-order valence-electron chi connectivity index (χ2n) is 5.85. The summed E-state index contributed by atoms with van der Waals surface area (Å²) in [5, 5.41) is 13.2. The Kier molecular flexibility index (Phi) is 5.21. The van der Waals surface area contributed by atoms with Crippen LogP contribution in [0.2, 0.25) is 0 Å². The minimum absolute atomic E-state index is 0.0577. The molecule has 0 bridgehead atoms. The van der Waals surface area contributed by atoms with E-state index in [-0.39, 0.29) is 5.91 Å². The van der Waals surface area contributed by atoms with Gasteiger partial charge in [-0.3, -0.25) is 9.93 Å². The topological polar surface area (TPSA) is 72.9 Å². The Morgan fingerprint density at radius 1 is 1.20 bits per heavy atom. The first-order valence-electron chi connectivity index (χ1n) is 7.94. The first-order valence-corrected chi connectivity index (χ1v) is 8.82. The average Bonchev–Trinajstić information content (AvgIpc) is 2.94. The lowest BCUT2D eigenvalue weighted by atomic mass is 10.1. The Morgan fingerprint density at radius 3 is 2.60 bits per heavy atom. The van der Waals surface area contributed by atoms with Crippen LogP contribution < -0.4 is 10.5 Å². The van der Waals surface area contributed by atoms with Crippen LogP contribution >= 0.6 is 11.9 Å². The van der Waals surface area contributed by atoms with Crippen LogP contribution in [0, 0.1) is 13.8 Å². The van der Waals surface area contributed by atoms with Crippen molar-refractivity contribution in [3.05, 3.63) is 71.5 Å². The molecule has 25 heavy (non-hydrogen) atoms. The minimum atomic E-state index is -0.0577. The van der Waals surface area contributed by atoms with Gasteiger partial charge in [-0.25, -0.2) is 4.68 Å². The Labute approximate surface area is 151 Å². The maximum atomic E-state index is 12.2. The van der Waals surface area contributed by atoms with E-state index < -0.39 is 0 Å². The molecule has 0 saturated carbocycles. The van der Waals surface area contributed by atoms with E-state index in [1.54, 1.807) is 0 Å². The van der Waals surface area contributed by atoms with E-state index in [9.17, 15) is 4.79 Å². The van der Waals surface area contributed by atoms with Crippen molar-refractivity contribution < 1.29 is 4.79 Å². The molecular weight excluding hydrogens is 332 g/mol. The number of anilines is 1. The van der Waals surface area contributed by atoms with Gasteiger partial charge in [-0.2, -0.15) is 5.10 Å². The zero-order chi connectivity index (χ0) is 17.8. The summed E-state index contributed by atoms with van der Waals surface area (Å²) in [5.41, 5.74) is 4.69.